The summed E-state index contributed by atoms with van der Waals surface area (Å²) in [6, 6.07) is 26.4. The van der Waals surface area contributed by atoms with Crippen LogP contribution in [0.25, 0.3) is 0 Å². The first-order chi connectivity index (χ1) is 36.5. The molecule has 0 amide bonds. The van der Waals surface area contributed by atoms with Gasteiger partial charge in [0.05, 0.1) is 30.9 Å². The molecule has 0 atom stereocenters. The van der Waals surface area contributed by atoms with E-state index in [2.05, 4.69) is 29.1 Å². The number of carboxylic acid groups (broad SMARTS) is 1. The van der Waals surface area contributed by atoms with E-state index in [9.17, 15) is 19.2 Å². The van der Waals surface area contributed by atoms with Crippen LogP contribution in [0.15, 0.2) is 97.1 Å². The van der Waals surface area contributed by atoms with E-state index in [1.807, 2.05) is 12.1 Å². The third-order valence-electron chi connectivity index (χ3n) is 13.0. The Kier molecular flexibility index (Phi) is 44.3. The highest BCUT2D eigenvalue weighted by Gasteiger charge is 2.13. The highest BCUT2D eigenvalue weighted by molar-refractivity contribution is 6.67. The minimum absolute atomic E-state index is 0. The number of likely N-dealkylation sites (tertiary alicyclic amines) is 4. The first kappa shape index (κ1) is 76.6. The molecule has 4 heterocycles. The highest BCUT2D eigenvalue weighted by Crippen LogP contribution is 2.17. The molecule has 0 radical (unpaired) electrons. The number of rotatable bonds is 18. The number of alkyl halides is 1. The Hall–Kier alpha value is -5.42. The molecule has 17 heteroatoms. The summed E-state index contributed by atoms with van der Waals surface area (Å²) in [7, 11) is 2.69. The minimum Gasteiger partial charge on any atom is -0.508 e. The standard InChI is InChI=1S/C15H21NO3.C14H18ClNO2.C14H19NO3.C8H8O3.C7H14ClN.5CH4/c1-18-15(17)13-5-7-14(8-6-13)19-12-11-16-9-3-2-4-10-16;15-14(17)12-4-6-13(7-5-12)18-11-10-16-8-2-1-3-9-16;16-14(17)12-4-6-13(7-5-12)18-11-10-15-8-2-1-3-9-15;1-11-8(10)6-2-4-7(9)5-3-6;8-4-7-9-5-2-1-3-6-9;;;;;/h5-8H,2-4,9-12H2,1H3;4-7H,1-3,8-11H2;4-7H,1-3,8-11H2,(H,16,17);2-5,9H,1H3;1-7H2;5*1H4. The van der Waals surface area contributed by atoms with Crippen LogP contribution in [0.1, 0.15) is 156 Å². The molecule has 4 aliphatic heterocycles. The number of carbonyl (C=O) groups is 4. The third-order valence-corrected chi connectivity index (χ3v) is 13.4. The number of carboxylic acids is 1. The molecule has 0 spiro atoms. The smallest absolute Gasteiger partial charge is 0.337 e. The van der Waals surface area contributed by atoms with Crippen LogP contribution in [0.3, 0.4) is 0 Å². The maximum absolute atomic E-state index is 11.3. The SMILES string of the molecule is C.C.C.C.C.COC(=O)c1ccc(O)cc1.COC(=O)c1ccc(OCCN2CCCCC2)cc1.ClCCN1CCCCC1.O=C(Cl)c1ccc(OCCN2CCCCC2)cc1.O=C(O)c1ccc(OCCN2CCCCC2)cc1. The van der Waals surface area contributed by atoms with E-state index in [4.69, 9.17) is 47.6 Å². The van der Waals surface area contributed by atoms with E-state index in [0.29, 0.717) is 42.1 Å². The van der Waals surface area contributed by atoms with Gasteiger partial charge in [0.15, 0.2) is 0 Å². The van der Waals surface area contributed by atoms with E-state index in [1.54, 1.807) is 60.7 Å². The van der Waals surface area contributed by atoms with Crippen LogP contribution in [0.4, 0.5) is 0 Å². The van der Waals surface area contributed by atoms with Gasteiger partial charge in [-0.15, -0.1) is 11.6 Å². The van der Waals surface area contributed by atoms with E-state index >= 15 is 0 Å². The Morgan fingerprint density at radius 2 is 0.675 bits per heavy atom. The van der Waals surface area contributed by atoms with Gasteiger partial charge in [0.2, 0.25) is 0 Å². The number of halogens is 2. The second kappa shape index (κ2) is 46.2. The van der Waals surface area contributed by atoms with Crippen molar-refractivity contribution in [2.24, 2.45) is 0 Å². The van der Waals surface area contributed by atoms with E-state index in [-0.39, 0.29) is 48.9 Å². The van der Waals surface area contributed by atoms with Crippen LogP contribution in [-0.4, -0.2) is 171 Å². The number of aromatic carboxylic acids is 1. The van der Waals surface area contributed by atoms with Crippen molar-refractivity contribution in [3.05, 3.63) is 119 Å². The first-order valence-electron chi connectivity index (χ1n) is 26.5. The molecule has 4 saturated heterocycles. The van der Waals surface area contributed by atoms with Gasteiger partial charge in [-0.05, 0) is 212 Å². The predicted molar refractivity (Wildman–Crippen MR) is 329 cm³/mol. The molecule has 8 rings (SSSR count). The Balaban J connectivity index is 0. The number of hydrogen-bond acceptors (Lipinski definition) is 14. The molecule has 0 aromatic heterocycles. The van der Waals surface area contributed by atoms with Gasteiger partial charge in [-0.1, -0.05) is 62.8 Å². The lowest BCUT2D eigenvalue weighted by molar-refractivity contribution is 0.0591. The monoisotopic (exact) mass is 1160 g/mol. The Morgan fingerprint density at radius 3 is 0.938 bits per heavy atom. The van der Waals surface area contributed by atoms with E-state index < -0.39 is 17.2 Å². The van der Waals surface area contributed by atoms with Crippen molar-refractivity contribution < 1.29 is 53.1 Å². The molecule has 0 unspecified atom stereocenters. The van der Waals surface area contributed by atoms with Crippen molar-refractivity contribution in [1.29, 1.82) is 0 Å². The number of aromatic hydroxyl groups is 1. The lowest BCUT2D eigenvalue weighted by atomic mass is 10.1. The number of carbonyl (C=O) groups excluding carboxylic acids is 3. The maximum atomic E-state index is 11.3. The summed E-state index contributed by atoms with van der Waals surface area (Å²) < 4.78 is 26.0. The second-order valence-electron chi connectivity index (χ2n) is 18.5. The lowest BCUT2D eigenvalue weighted by Crippen LogP contribution is -2.33. The zero-order valence-corrected chi connectivity index (χ0v) is 45.7. The number of esters is 2. The molecule has 80 heavy (non-hydrogen) atoms. The molecular formula is C63H100Cl2N4O11. The summed E-state index contributed by atoms with van der Waals surface area (Å²) in [4.78, 5) is 53.4. The normalized spacial score (nSPS) is 15.0. The zero-order valence-electron chi connectivity index (χ0n) is 44.2. The van der Waals surface area contributed by atoms with Gasteiger partial charge < -0.3 is 38.8 Å². The summed E-state index contributed by atoms with van der Waals surface area (Å²) in [5.41, 5.74) is 1.77. The van der Waals surface area contributed by atoms with E-state index in [0.717, 1.165) is 49.3 Å². The van der Waals surface area contributed by atoms with Crippen LogP contribution in [0.5, 0.6) is 23.0 Å². The van der Waals surface area contributed by atoms with Gasteiger partial charge in [0.25, 0.3) is 5.24 Å². The second-order valence-corrected chi connectivity index (χ2v) is 19.2. The van der Waals surface area contributed by atoms with Gasteiger partial charge in [0, 0.05) is 37.6 Å². The fourth-order valence-corrected chi connectivity index (χ4v) is 8.99. The van der Waals surface area contributed by atoms with Crippen LogP contribution >= 0.6 is 23.2 Å². The fourth-order valence-electron chi connectivity index (χ4n) is 8.63. The number of benzene rings is 4. The van der Waals surface area contributed by atoms with Crippen LogP contribution < -0.4 is 14.2 Å². The van der Waals surface area contributed by atoms with Crippen LogP contribution in [-0.2, 0) is 9.47 Å². The molecule has 0 bridgehead atoms. The van der Waals surface area contributed by atoms with Gasteiger partial charge in [-0.2, -0.15) is 0 Å². The largest absolute Gasteiger partial charge is 0.508 e. The minimum atomic E-state index is -0.908. The Labute approximate surface area is 491 Å². The van der Waals surface area contributed by atoms with Crippen LogP contribution in [0.2, 0.25) is 0 Å². The fraction of sp³-hybridized carbons (Fsp3) is 0.556. The van der Waals surface area contributed by atoms with Crippen molar-refractivity contribution in [3.63, 3.8) is 0 Å². The number of methoxy groups -OCH3 is 2. The number of nitrogens with zero attached hydrogens (tertiary/aromatic N) is 4. The van der Waals surface area contributed by atoms with Crippen molar-refractivity contribution >= 4 is 46.4 Å². The summed E-state index contributed by atoms with van der Waals surface area (Å²) >= 11 is 11.0. The first-order valence-corrected chi connectivity index (χ1v) is 27.4. The van der Waals surface area contributed by atoms with Crippen LogP contribution in [0, 0.1) is 0 Å². The van der Waals surface area contributed by atoms with Crippen molar-refractivity contribution in [2.75, 3.05) is 118 Å². The molecule has 452 valence electrons. The quantitative estimate of drug-likeness (QED) is 0.0548. The Morgan fingerprint density at radius 1 is 0.412 bits per heavy atom. The van der Waals surface area contributed by atoms with Crippen molar-refractivity contribution in [2.45, 2.75) is 114 Å². The molecular weight excluding hydrogens is 1060 g/mol. The van der Waals surface area contributed by atoms with Gasteiger partial charge >= 0.3 is 17.9 Å². The molecule has 4 aromatic rings. The highest BCUT2D eigenvalue weighted by atomic mass is 35.5. The van der Waals surface area contributed by atoms with Gasteiger partial charge in [-0.25, -0.2) is 14.4 Å². The van der Waals surface area contributed by atoms with E-state index in [1.165, 1.54) is 168 Å². The average molecular weight is 1160 g/mol. The zero-order chi connectivity index (χ0) is 53.9. The number of ether oxygens (including phenoxy) is 5. The molecule has 4 aromatic carbocycles. The maximum Gasteiger partial charge on any atom is 0.337 e. The van der Waals surface area contributed by atoms with Crippen molar-refractivity contribution in [3.8, 4) is 23.0 Å². The predicted octanol–water partition coefficient (Wildman–Crippen LogP) is 13.6. The number of hydrogen-bond donors (Lipinski definition) is 2. The summed E-state index contributed by atoms with van der Waals surface area (Å²) in [6.45, 7) is 15.6. The summed E-state index contributed by atoms with van der Waals surface area (Å²) in [6.07, 6.45) is 16.0. The van der Waals surface area contributed by atoms with Gasteiger partial charge in [0.1, 0.15) is 42.8 Å². The molecule has 4 aliphatic rings. The molecule has 0 aliphatic carbocycles. The summed E-state index contributed by atoms with van der Waals surface area (Å²) in [5.74, 6) is 1.62. The third kappa shape index (κ3) is 32.1. The number of piperidine rings is 4. The summed E-state index contributed by atoms with van der Waals surface area (Å²) in [5, 5.41) is 17.2. The molecule has 15 nitrogen and oxygen atoms in total. The van der Waals surface area contributed by atoms with Crippen molar-refractivity contribution in [1.82, 2.24) is 19.6 Å². The lowest BCUT2D eigenvalue weighted by Gasteiger charge is -2.26. The Bertz CT molecular complexity index is 2100. The molecule has 2 N–H and O–H groups in total. The number of phenolic OH excluding ortho intramolecular Hbond substituents is 1. The van der Waals surface area contributed by atoms with Gasteiger partial charge in [-0.3, -0.25) is 19.5 Å². The molecule has 0 saturated carbocycles. The number of phenols is 1. The topological polar surface area (TPSA) is 168 Å². The average Bonchev–Trinajstić information content (AvgIpc) is 3.45. The molecule has 4 fully saturated rings.